The van der Waals surface area contributed by atoms with E-state index < -0.39 is 0 Å². The van der Waals surface area contributed by atoms with Gasteiger partial charge in [-0.05, 0) is 49.4 Å². The lowest BCUT2D eigenvalue weighted by Gasteiger charge is -2.15. The minimum Gasteiger partial charge on any atom is -0.367 e. The molecule has 4 N–H and O–H groups in total. The fourth-order valence-corrected chi connectivity index (χ4v) is 4.57. The zero-order valence-electron chi connectivity index (χ0n) is 17.5. The third-order valence-corrected chi connectivity index (χ3v) is 6.30. The van der Waals surface area contributed by atoms with Gasteiger partial charge in [-0.1, -0.05) is 11.6 Å². The number of rotatable bonds is 8. The first kappa shape index (κ1) is 21.5. The van der Waals surface area contributed by atoms with Crippen molar-refractivity contribution in [3.63, 3.8) is 0 Å². The van der Waals surface area contributed by atoms with Crippen LogP contribution in [0.15, 0.2) is 42.7 Å². The van der Waals surface area contributed by atoms with E-state index in [0.29, 0.717) is 23.6 Å². The summed E-state index contributed by atoms with van der Waals surface area (Å²) in [5.74, 6) is 6.81. The molecular formula is C21H24ClN7O2S. The molecular weight excluding hydrogens is 450 g/mol. The van der Waals surface area contributed by atoms with E-state index in [9.17, 15) is 0 Å². The second kappa shape index (κ2) is 9.26. The summed E-state index contributed by atoms with van der Waals surface area (Å²) in [5.41, 5.74) is 3.65. The maximum absolute atomic E-state index is 6.21. The molecule has 3 aromatic heterocycles. The van der Waals surface area contributed by atoms with Crippen molar-refractivity contribution in [2.75, 3.05) is 19.0 Å². The Bertz CT molecular complexity index is 1230. The highest BCUT2D eigenvalue weighted by molar-refractivity contribution is 7.92. The van der Waals surface area contributed by atoms with Gasteiger partial charge in [0, 0.05) is 53.0 Å². The molecule has 3 heterocycles. The summed E-state index contributed by atoms with van der Waals surface area (Å²) in [7, 11) is 1.69. The van der Waals surface area contributed by atoms with Crippen molar-refractivity contribution >= 4 is 46.2 Å². The first-order valence-electron chi connectivity index (χ1n) is 10.4. The fourth-order valence-electron chi connectivity index (χ4n) is 4.20. The molecule has 0 bridgehead atoms. The second-order valence-corrected chi connectivity index (χ2v) is 9.31. The van der Waals surface area contributed by atoms with Crippen LogP contribution in [0.4, 0.5) is 5.82 Å². The fraction of sp³-hybridized carbons (Fsp3) is 0.333. The van der Waals surface area contributed by atoms with Crippen LogP contribution in [0.3, 0.4) is 0 Å². The number of nitrogens with two attached hydrogens (primary N) is 1. The maximum Gasteiger partial charge on any atom is 0.157 e. The third kappa shape index (κ3) is 4.56. The molecule has 9 nitrogen and oxygen atoms in total. The van der Waals surface area contributed by atoms with Crippen molar-refractivity contribution in [2.24, 2.45) is 11.8 Å². The number of hydrogen-bond acceptors (Lipinski definition) is 8. The third-order valence-electron chi connectivity index (χ3n) is 5.67. The van der Waals surface area contributed by atoms with E-state index in [1.165, 1.54) is 4.41 Å². The summed E-state index contributed by atoms with van der Waals surface area (Å²) >= 11 is 7.18. The molecule has 1 aliphatic rings. The average molecular weight is 474 g/mol. The monoisotopic (exact) mass is 473 g/mol. The molecule has 0 radical (unpaired) electrons. The number of halogens is 1. The lowest BCUT2D eigenvalue weighted by atomic mass is 10.1. The van der Waals surface area contributed by atoms with Gasteiger partial charge in [-0.25, -0.2) is 9.87 Å². The number of anilines is 1. The van der Waals surface area contributed by atoms with Crippen LogP contribution in [0.2, 0.25) is 5.02 Å². The van der Waals surface area contributed by atoms with Gasteiger partial charge < -0.3 is 10.3 Å². The molecule has 0 spiro atoms. The molecule has 1 saturated carbocycles. The van der Waals surface area contributed by atoms with E-state index in [1.807, 2.05) is 41.0 Å². The summed E-state index contributed by atoms with van der Waals surface area (Å²) in [4.78, 5) is 13.0. The topological polar surface area (TPSA) is 106 Å². The Balaban J connectivity index is 1.31. The normalized spacial score (nSPS) is 18.9. The summed E-state index contributed by atoms with van der Waals surface area (Å²) in [6, 6.07) is 10.1. The summed E-state index contributed by atoms with van der Waals surface area (Å²) in [6.45, 7) is 0.541. The van der Waals surface area contributed by atoms with Gasteiger partial charge in [-0.3, -0.25) is 5.84 Å². The van der Waals surface area contributed by atoms with Gasteiger partial charge in [-0.15, -0.1) is 4.33 Å². The molecule has 0 amide bonds. The number of aromatic nitrogens is 4. The number of nitrogens with zero attached hydrogens (tertiary/aromatic N) is 4. The Morgan fingerprint density at radius 2 is 2.25 bits per heavy atom. The molecule has 11 heteroatoms. The van der Waals surface area contributed by atoms with E-state index in [0.717, 1.165) is 65.1 Å². The standard InChI is InChI=1S/C21H24ClN7O2S/c1-28(23)32-31-30-12-13-2-4-15(8-13)26-20-6-7-24-21-10-19(27-29(20)21)17-11-25-18-5-3-14(22)9-16(17)18/h3,5-7,9-11,13,15,25-26H,2,4,8,12,23H2,1H3. The van der Waals surface area contributed by atoms with Crippen LogP contribution in [0.5, 0.6) is 0 Å². The first-order valence-corrected chi connectivity index (χ1v) is 11.5. The van der Waals surface area contributed by atoms with Crippen LogP contribution in [0, 0.1) is 5.92 Å². The Hall–Kier alpha value is -2.34. The quantitative estimate of drug-likeness (QED) is 0.0861. The van der Waals surface area contributed by atoms with Gasteiger partial charge in [0.1, 0.15) is 18.0 Å². The number of nitrogens with one attached hydrogen (secondary N) is 2. The van der Waals surface area contributed by atoms with Crippen molar-refractivity contribution in [3.05, 3.63) is 47.7 Å². The van der Waals surface area contributed by atoms with Crippen LogP contribution < -0.4 is 11.2 Å². The molecule has 168 valence electrons. The van der Waals surface area contributed by atoms with Gasteiger partial charge in [0.2, 0.25) is 0 Å². The largest absolute Gasteiger partial charge is 0.367 e. The van der Waals surface area contributed by atoms with Crippen molar-refractivity contribution in [1.29, 1.82) is 0 Å². The molecule has 2 atom stereocenters. The highest BCUT2D eigenvalue weighted by Crippen LogP contribution is 2.32. The molecule has 1 aliphatic carbocycles. The van der Waals surface area contributed by atoms with E-state index in [-0.39, 0.29) is 0 Å². The van der Waals surface area contributed by atoms with Crippen LogP contribution in [-0.4, -0.2) is 43.7 Å². The number of hydrazine groups is 1. The number of hydrogen-bond donors (Lipinski definition) is 3. The van der Waals surface area contributed by atoms with E-state index in [1.54, 1.807) is 13.2 Å². The Morgan fingerprint density at radius 1 is 1.34 bits per heavy atom. The number of fused-ring (bicyclic) bond motifs is 2. The molecule has 5 rings (SSSR count). The van der Waals surface area contributed by atoms with Crippen molar-refractivity contribution in [1.82, 2.24) is 24.0 Å². The van der Waals surface area contributed by atoms with Gasteiger partial charge in [0.15, 0.2) is 5.65 Å². The maximum atomic E-state index is 6.21. The van der Waals surface area contributed by atoms with E-state index >= 15 is 0 Å². The molecule has 4 aromatic rings. The Kier molecular flexibility index (Phi) is 6.22. The first-order chi connectivity index (χ1) is 15.6. The van der Waals surface area contributed by atoms with E-state index in [4.69, 9.17) is 31.8 Å². The predicted octanol–water partition coefficient (Wildman–Crippen LogP) is 4.43. The van der Waals surface area contributed by atoms with Gasteiger partial charge in [-0.2, -0.15) is 14.0 Å². The zero-order valence-corrected chi connectivity index (χ0v) is 19.1. The number of H-pyrrole nitrogens is 1. The van der Waals surface area contributed by atoms with Crippen LogP contribution in [-0.2, 0) is 9.22 Å². The Labute approximate surface area is 194 Å². The minimum absolute atomic E-state index is 0.332. The summed E-state index contributed by atoms with van der Waals surface area (Å²) in [5, 5.41) is 10.2. The van der Waals surface area contributed by atoms with Crippen LogP contribution in [0.25, 0.3) is 27.8 Å². The Morgan fingerprint density at radius 3 is 3.12 bits per heavy atom. The molecule has 0 aliphatic heterocycles. The summed E-state index contributed by atoms with van der Waals surface area (Å²) in [6.07, 6.45) is 6.88. The van der Waals surface area contributed by atoms with Crippen molar-refractivity contribution < 1.29 is 9.22 Å². The smallest absolute Gasteiger partial charge is 0.157 e. The molecule has 1 aromatic carbocycles. The number of benzene rings is 1. The van der Waals surface area contributed by atoms with Gasteiger partial charge >= 0.3 is 0 Å². The van der Waals surface area contributed by atoms with Crippen molar-refractivity contribution in [3.8, 4) is 11.3 Å². The number of aromatic amines is 1. The van der Waals surface area contributed by atoms with Crippen molar-refractivity contribution in [2.45, 2.75) is 25.3 Å². The lowest BCUT2D eigenvalue weighted by molar-refractivity contribution is -0.203. The van der Waals surface area contributed by atoms with E-state index in [2.05, 4.69) is 15.3 Å². The van der Waals surface area contributed by atoms with Crippen LogP contribution >= 0.6 is 23.8 Å². The molecule has 2 unspecified atom stereocenters. The highest BCUT2D eigenvalue weighted by Gasteiger charge is 2.26. The van der Waals surface area contributed by atoms with Gasteiger partial charge in [0.05, 0.1) is 12.3 Å². The SMILES string of the molecule is CN(N)SOOCC1CCC(Nc2ccnc3cc(-c4c[nH]c5ccc(Cl)cc45)nn23)C1. The zero-order chi connectivity index (χ0) is 22.1. The average Bonchev–Trinajstić information content (AvgIpc) is 3.49. The minimum atomic E-state index is 0.332. The van der Waals surface area contributed by atoms with Crippen LogP contribution in [0.1, 0.15) is 19.3 Å². The summed E-state index contributed by atoms with van der Waals surface area (Å²) < 4.78 is 8.21. The van der Waals surface area contributed by atoms with Gasteiger partial charge in [0.25, 0.3) is 0 Å². The molecule has 32 heavy (non-hydrogen) atoms. The highest BCUT2D eigenvalue weighted by atomic mass is 35.5. The molecule has 1 fully saturated rings. The molecule has 0 saturated heterocycles. The lowest BCUT2D eigenvalue weighted by Crippen LogP contribution is -2.19. The predicted molar refractivity (Wildman–Crippen MR) is 127 cm³/mol. The second-order valence-electron chi connectivity index (χ2n) is 8.02.